The molecule has 1 aromatic rings. The van der Waals surface area contributed by atoms with Crippen molar-refractivity contribution in [3.8, 4) is 5.75 Å². The molecule has 1 heterocycles. The van der Waals surface area contributed by atoms with Crippen molar-refractivity contribution in [2.75, 3.05) is 46.8 Å². The molecule has 0 unspecified atom stereocenters. The van der Waals surface area contributed by atoms with Crippen LogP contribution in [-0.4, -0.2) is 51.7 Å². The zero-order valence-electron chi connectivity index (χ0n) is 10.4. The number of ether oxygens (including phenoxy) is 4. The molecule has 0 amide bonds. The van der Waals surface area contributed by atoms with Crippen molar-refractivity contribution in [3.05, 3.63) is 23.5 Å². The normalized spacial score (nSPS) is 10.6. The molecule has 5 nitrogen and oxygen atoms in total. The van der Waals surface area contributed by atoms with Crippen molar-refractivity contribution >= 4 is 11.6 Å². The summed E-state index contributed by atoms with van der Waals surface area (Å²) in [5, 5.41) is 0.417. The van der Waals surface area contributed by atoms with Gasteiger partial charge in [0.15, 0.2) is 0 Å². The number of nitrogens with zero attached hydrogens (tertiary/aromatic N) is 1. The number of pyridine rings is 1. The Morgan fingerprint density at radius 3 is 2.39 bits per heavy atom. The first-order valence-corrected chi connectivity index (χ1v) is 6.09. The molecule has 1 rings (SSSR count). The molecule has 0 aliphatic carbocycles. The lowest BCUT2D eigenvalue weighted by Gasteiger charge is -2.07. The SMILES string of the molecule is COCCOCCOCCOc1ccnc(Cl)c1. The Bertz CT molecular complexity index is 325. The van der Waals surface area contributed by atoms with Gasteiger partial charge < -0.3 is 18.9 Å². The molecule has 0 aliphatic heterocycles. The second-order valence-electron chi connectivity index (χ2n) is 3.38. The second-order valence-corrected chi connectivity index (χ2v) is 3.77. The Hall–Kier alpha value is -0.880. The lowest BCUT2D eigenvalue weighted by molar-refractivity contribution is 0.0179. The van der Waals surface area contributed by atoms with Crippen LogP contribution >= 0.6 is 11.6 Å². The van der Waals surface area contributed by atoms with Gasteiger partial charge in [-0.05, 0) is 6.07 Å². The van der Waals surface area contributed by atoms with Gasteiger partial charge in [-0.3, -0.25) is 0 Å². The number of rotatable bonds is 10. The Morgan fingerprint density at radius 2 is 1.72 bits per heavy atom. The fourth-order valence-corrected chi connectivity index (χ4v) is 1.32. The summed E-state index contributed by atoms with van der Waals surface area (Å²) in [6.07, 6.45) is 1.60. The maximum absolute atomic E-state index is 5.72. The molecule has 0 bridgehead atoms. The average molecular weight is 276 g/mol. The summed E-state index contributed by atoms with van der Waals surface area (Å²) in [5.41, 5.74) is 0. The highest BCUT2D eigenvalue weighted by molar-refractivity contribution is 6.29. The van der Waals surface area contributed by atoms with Gasteiger partial charge >= 0.3 is 0 Å². The zero-order chi connectivity index (χ0) is 13.1. The summed E-state index contributed by atoms with van der Waals surface area (Å²) in [4.78, 5) is 3.86. The van der Waals surface area contributed by atoms with Gasteiger partial charge in [-0.15, -0.1) is 0 Å². The molecule has 18 heavy (non-hydrogen) atoms. The van der Waals surface area contributed by atoms with E-state index in [9.17, 15) is 0 Å². The molecule has 0 radical (unpaired) electrons. The van der Waals surface area contributed by atoms with Crippen molar-refractivity contribution in [1.82, 2.24) is 4.98 Å². The molecule has 0 saturated carbocycles. The quantitative estimate of drug-likeness (QED) is 0.481. The van der Waals surface area contributed by atoms with Crippen LogP contribution in [0.3, 0.4) is 0 Å². The van der Waals surface area contributed by atoms with Crippen LogP contribution in [0.1, 0.15) is 0 Å². The van der Waals surface area contributed by atoms with E-state index in [-0.39, 0.29) is 0 Å². The summed E-state index contributed by atoms with van der Waals surface area (Å²) < 4.78 is 20.8. The number of halogens is 1. The fraction of sp³-hybridized carbons (Fsp3) is 0.583. The summed E-state index contributed by atoms with van der Waals surface area (Å²) in [5.74, 6) is 0.690. The third-order valence-electron chi connectivity index (χ3n) is 2.00. The standard InChI is InChI=1S/C12H18ClNO4/c1-15-4-5-16-6-7-17-8-9-18-11-2-3-14-12(13)10-11/h2-3,10H,4-9H2,1H3. The summed E-state index contributed by atoms with van der Waals surface area (Å²) >= 11 is 5.72. The summed E-state index contributed by atoms with van der Waals surface area (Å²) in [7, 11) is 1.64. The molecule has 1 aromatic heterocycles. The first kappa shape index (κ1) is 15.2. The van der Waals surface area contributed by atoms with E-state index in [0.717, 1.165) is 0 Å². The third-order valence-corrected chi connectivity index (χ3v) is 2.20. The largest absolute Gasteiger partial charge is 0.491 e. The van der Waals surface area contributed by atoms with Crippen LogP contribution in [0.15, 0.2) is 18.3 Å². The van der Waals surface area contributed by atoms with E-state index in [1.165, 1.54) is 0 Å². The number of hydrogen-bond acceptors (Lipinski definition) is 5. The summed E-state index contributed by atoms with van der Waals surface area (Å²) in [6.45, 7) is 3.28. The molecule has 102 valence electrons. The van der Waals surface area contributed by atoms with Gasteiger partial charge in [0.05, 0.1) is 33.0 Å². The van der Waals surface area contributed by atoms with E-state index in [2.05, 4.69) is 4.98 Å². The van der Waals surface area contributed by atoms with Crippen molar-refractivity contribution in [2.45, 2.75) is 0 Å². The van der Waals surface area contributed by atoms with Gasteiger partial charge in [-0.25, -0.2) is 4.98 Å². The molecular formula is C12H18ClNO4. The molecule has 6 heteroatoms. The molecule has 0 saturated heterocycles. The second kappa shape index (κ2) is 10.1. The average Bonchev–Trinajstić information content (AvgIpc) is 2.37. The maximum atomic E-state index is 5.72. The minimum absolute atomic E-state index is 0.417. The highest BCUT2D eigenvalue weighted by Crippen LogP contribution is 2.13. The first-order chi connectivity index (χ1) is 8.83. The van der Waals surface area contributed by atoms with E-state index >= 15 is 0 Å². The number of aromatic nitrogens is 1. The van der Waals surface area contributed by atoms with Crippen molar-refractivity contribution in [1.29, 1.82) is 0 Å². The molecule has 0 spiro atoms. The van der Waals surface area contributed by atoms with Gasteiger partial charge in [-0.2, -0.15) is 0 Å². The van der Waals surface area contributed by atoms with Crippen molar-refractivity contribution < 1.29 is 18.9 Å². The zero-order valence-corrected chi connectivity index (χ0v) is 11.2. The molecule has 0 aromatic carbocycles. The monoisotopic (exact) mass is 275 g/mol. The Morgan fingerprint density at radius 1 is 1.06 bits per heavy atom. The van der Waals surface area contributed by atoms with Gasteiger partial charge in [0.2, 0.25) is 0 Å². The minimum Gasteiger partial charge on any atom is -0.491 e. The highest BCUT2D eigenvalue weighted by Gasteiger charge is 1.96. The van der Waals surface area contributed by atoms with Crippen LogP contribution in [0.25, 0.3) is 0 Å². The Balaban J connectivity index is 1.92. The van der Waals surface area contributed by atoms with Gasteiger partial charge in [0.25, 0.3) is 0 Å². The third kappa shape index (κ3) is 7.45. The van der Waals surface area contributed by atoms with Crippen LogP contribution in [-0.2, 0) is 14.2 Å². The Labute approximate surface area is 112 Å². The first-order valence-electron chi connectivity index (χ1n) is 5.71. The maximum Gasteiger partial charge on any atom is 0.132 e. The van der Waals surface area contributed by atoms with E-state index in [0.29, 0.717) is 50.5 Å². The topological polar surface area (TPSA) is 49.8 Å². The van der Waals surface area contributed by atoms with Gasteiger partial charge in [0.1, 0.15) is 17.5 Å². The van der Waals surface area contributed by atoms with Crippen LogP contribution in [0.5, 0.6) is 5.75 Å². The lowest BCUT2D eigenvalue weighted by Crippen LogP contribution is -2.12. The van der Waals surface area contributed by atoms with E-state index in [4.69, 9.17) is 30.5 Å². The van der Waals surface area contributed by atoms with Crippen LogP contribution in [0.2, 0.25) is 5.15 Å². The van der Waals surface area contributed by atoms with Crippen LogP contribution in [0.4, 0.5) is 0 Å². The number of methoxy groups -OCH3 is 1. The predicted octanol–water partition coefficient (Wildman–Crippen LogP) is 1.79. The predicted molar refractivity (Wildman–Crippen MR) is 68.3 cm³/mol. The van der Waals surface area contributed by atoms with Gasteiger partial charge in [-0.1, -0.05) is 11.6 Å². The summed E-state index contributed by atoms with van der Waals surface area (Å²) in [6, 6.07) is 3.41. The van der Waals surface area contributed by atoms with Gasteiger partial charge in [0, 0.05) is 19.4 Å². The van der Waals surface area contributed by atoms with Crippen molar-refractivity contribution in [2.24, 2.45) is 0 Å². The molecular weight excluding hydrogens is 258 g/mol. The molecule has 0 atom stereocenters. The van der Waals surface area contributed by atoms with E-state index < -0.39 is 0 Å². The lowest BCUT2D eigenvalue weighted by atomic mass is 10.4. The van der Waals surface area contributed by atoms with Crippen LogP contribution in [0, 0.1) is 0 Å². The minimum atomic E-state index is 0.417. The molecule has 0 N–H and O–H groups in total. The van der Waals surface area contributed by atoms with E-state index in [1.54, 1.807) is 25.4 Å². The van der Waals surface area contributed by atoms with Crippen molar-refractivity contribution in [3.63, 3.8) is 0 Å². The van der Waals surface area contributed by atoms with E-state index in [1.807, 2.05) is 0 Å². The van der Waals surface area contributed by atoms with Crippen LogP contribution < -0.4 is 4.74 Å². The fourth-order valence-electron chi connectivity index (χ4n) is 1.16. The highest BCUT2D eigenvalue weighted by atomic mass is 35.5. The molecule has 0 aliphatic rings. The molecule has 0 fully saturated rings. The smallest absolute Gasteiger partial charge is 0.132 e. The number of hydrogen-bond donors (Lipinski definition) is 0. The Kier molecular flexibility index (Phi) is 8.50.